The third kappa shape index (κ3) is 5.02. The Labute approximate surface area is 211 Å². The third-order valence-electron chi connectivity index (χ3n) is 6.71. The van der Waals surface area contributed by atoms with Crippen molar-refractivity contribution in [3.05, 3.63) is 107 Å². The zero-order chi connectivity index (χ0) is 24.9. The highest BCUT2D eigenvalue weighted by atomic mass is 16.5. The van der Waals surface area contributed by atoms with Crippen LogP contribution in [0.15, 0.2) is 85.1 Å². The molecule has 3 aromatic carbocycles. The summed E-state index contributed by atoms with van der Waals surface area (Å²) in [4.78, 5) is 10.9. The van der Waals surface area contributed by atoms with E-state index in [1.54, 1.807) is 6.08 Å². The van der Waals surface area contributed by atoms with Gasteiger partial charge in [-0.15, -0.1) is 0 Å². The maximum atomic E-state index is 10.9. The van der Waals surface area contributed by atoms with Crippen LogP contribution in [0, 0.1) is 0 Å². The molecule has 4 aromatic rings. The molecule has 1 saturated heterocycles. The number of ether oxygens (including phenoxy) is 1. The highest BCUT2D eigenvalue weighted by Gasteiger charge is 2.20. The lowest BCUT2D eigenvalue weighted by atomic mass is 9.87. The summed E-state index contributed by atoms with van der Waals surface area (Å²) in [6.45, 7) is 2.97. The highest BCUT2D eigenvalue weighted by molar-refractivity contribution is 6.00. The first kappa shape index (κ1) is 23.8. The van der Waals surface area contributed by atoms with Crippen LogP contribution >= 0.6 is 0 Å². The first-order valence-corrected chi connectivity index (χ1v) is 12.5. The number of benzene rings is 3. The van der Waals surface area contributed by atoms with Crippen molar-refractivity contribution in [2.45, 2.75) is 38.8 Å². The van der Waals surface area contributed by atoms with E-state index in [0.717, 1.165) is 66.0 Å². The van der Waals surface area contributed by atoms with Gasteiger partial charge < -0.3 is 9.84 Å². The number of aromatic nitrogens is 2. The van der Waals surface area contributed by atoms with Gasteiger partial charge >= 0.3 is 5.97 Å². The van der Waals surface area contributed by atoms with Crippen LogP contribution in [0.2, 0.25) is 0 Å². The molecule has 5 rings (SSSR count). The van der Waals surface area contributed by atoms with Crippen LogP contribution in [0.1, 0.15) is 61.1 Å². The molecule has 36 heavy (non-hydrogen) atoms. The van der Waals surface area contributed by atoms with E-state index in [9.17, 15) is 4.79 Å². The average Bonchev–Trinajstić information content (AvgIpc) is 3.35. The van der Waals surface area contributed by atoms with Crippen LogP contribution in [-0.2, 0) is 9.53 Å². The zero-order valence-corrected chi connectivity index (χ0v) is 20.4. The number of carbonyl (C=O) groups is 1. The van der Waals surface area contributed by atoms with E-state index in [0.29, 0.717) is 0 Å². The monoisotopic (exact) mass is 478 g/mol. The van der Waals surface area contributed by atoms with E-state index in [-0.39, 0.29) is 6.23 Å². The van der Waals surface area contributed by atoms with Crippen molar-refractivity contribution in [2.75, 3.05) is 6.61 Å². The van der Waals surface area contributed by atoms with E-state index in [1.165, 1.54) is 16.7 Å². The quantitative estimate of drug-likeness (QED) is 0.225. The van der Waals surface area contributed by atoms with Crippen LogP contribution in [0.4, 0.5) is 0 Å². The van der Waals surface area contributed by atoms with Crippen LogP contribution in [0.5, 0.6) is 0 Å². The average molecular weight is 479 g/mol. The Kier molecular flexibility index (Phi) is 7.10. The fraction of sp³-hybridized carbons (Fsp3) is 0.226. The Morgan fingerprint density at radius 1 is 1.03 bits per heavy atom. The molecular formula is C31H30N2O3. The summed E-state index contributed by atoms with van der Waals surface area (Å²) < 4.78 is 8.00. The van der Waals surface area contributed by atoms with Gasteiger partial charge in [0.1, 0.15) is 0 Å². The van der Waals surface area contributed by atoms with Crippen molar-refractivity contribution >= 4 is 34.1 Å². The Hall–Kier alpha value is -3.96. The molecule has 0 spiro atoms. The van der Waals surface area contributed by atoms with Gasteiger partial charge in [0.05, 0.1) is 11.7 Å². The molecule has 1 aliphatic heterocycles. The summed E-state index contributed by atoms with van der Waals surface area (Å²) in [5, 5.41) is 14.7. The summed E-state index contributed by atoms with van der Waals surface area (Å²) in [5.74, 6) is -0.954. The number of allylic oxidation sites excluding steroid dienone is 1. The molecule has 5 heteroatoms. The van der Waals surface area contributed by atoms with Crippen LogP contribution in [-0.4, -0.2) is 27.5 Å². The van der Waals surface area contributed by atoms with Gasteiger partial charge in [-0.1, -0.05) is 67.6 Å². The summed E-state index contributed by atoms with van der Waals surface area (Å²) in [7, 11) is 0. The van der Waals surface area contributed by atoms with Crippen molar-refractivity contribution in [1.82, 2.24) is 9.78 Å². The molecule has 1 aliphatic rings. The SMILES string of the molecule is CC/C(=C(/c1ccc(C=CC(=O)O)cc1)c1ccc2c(cnn2C2CCCCO2)c1)c1ccccc1. The maximum absolute atomic E-state index is 10.9. The van der Waals surface area contributed by atoms with Gasteiger partial charge in [0.25, 0.3) is 0 Å². The summed E-state index contributed by atoms with van der Waals surface area (Å²) >= 11 is 0. The molecule has 0 aliphatic carbocycles. The van der Waals surface area contributed by atoms with E-state index < -0.39 is 5.97 Å². The Balaban J connectivity index is 1.62. The lowest BCUT2D eigenvalue weighted by Crippen LogP contribution is -2.18. The minimum Gasteiger partial charge on any atom is -0.478 e. The Morgan fingerprint density at radius 2 is 1.81 bits per heavy atom. The second-order valence-electron chi connectivity index (χ2n) is 9.05. The predicted octanol–water partition coefficient (Wildman–Crippen LogP) is 7.20. The van der Waals surface area contributed by atoms with Crippen molar-refractivity contribution in [1.29, 1.82) is 0 Å². The lowest BCUT2D eigenvalue weighted by Gasteiger charge is -2.23. The third-order valence-corrected chi connectivity index (χ3v) is 6.71. The molecule has 5 nitrogen and oxygen atoms in total. The van der Waals surface area contributed by atoms with Crippen LogP contribution < -0.4 is 0 Å². The van der Waals surface area contributed by atoms with E-state index in [1.807, 2.05) is 29.1 Å². The van der Waals surface area contributed by atoms with Crippen molar-refractivity contribution in [2.24, 2.45) is 0 Å². The highest BCUT2D eigenvalue weighted by Crippen LogP contribution is 2.36. The van der Waals surface area contributed by atoms with Gasteiger partial charge in [0, 0.05) is 18.1 Å². The normalized spacial score (nSPS) is 16.9. The summed E-state index contributed by atoms with van der Waals surface area (Å²) in [5.41, 5.74) is 7.76. The minimum absolute atomic E-state index is 0.000893. The number of fused-ring (bicyclic) bond motifs is 1. The molecule has 1 aromatic heterocycles. The fourth-order valence-electron chi connectivity index (χ4n) is 4.96. The topological polar surface area (TPSA) is 64.3 Å². The number of hydrogen-bond acceptors (Lipinski definition) is 3. The molecule has 1 unspecified atom stereocenters. The Morgan fingerprint density at radius 3 is 2.50 bits per heavy atom. The van der Waals surface area contributed by atoms with Crippen molar-refractivity contribution < 1.29 is 14.6 Å². The molecule has 1 fully saturated rings. The number of nitrogens with zero attached hydrogens (tertiary/aromatic N) is 2. The van der Waals surface area contributed by atoms with Gasteiger partial charge in [-0.05, 0) is 77.3 Å². The van der Waals surface area contributed by atoms with Gasteiger partial charge in [0.2, 0.25) is 0 Å². The van der Waals surface area contributed by atoms with E-state index in [4.69, 9.17) is 9.84 Å². The maximum Gasteiger partial charge on any atom is 0.328 e. The van der Waals surface area contributed by atoms with Gasteiger partial charge in [-0.2, -0.15) is 5.10 Å². The Bertz CT molecular complexity index is 1410. The minimum atomic E-state index is -0.954. The lowest BCUT2D eigenvalue weighted by molar-refractivity contribution is -0.131. The van der Waals surface area contributed by atoms with Crippen molar-refractivity contribution in [3.63, 3.8) is 0 Å². The summed E-state index contributed by atoms with van der Waals surface area (Å²) in [6, 6.07) is 25.1. The smallest absolute Gasteiger partial charge is 0.328 e. The number of hydrogen-bond donors (Lipinski definition) is 1. The van der Waals surface area contributed by atoms with Crippen LogP contribution in [0.25, 0.3) is 28.1 Å². The van der Waals surface area contributed by atoms with Crippen LogP contribution in [0.3, 0.4) is 0 Å². The number of aliphatic carboxylic acids is 1. The van der Waals surface area contributed by atoms with Gasteiger partial charge in [-0.3, -0.25) is 0 Å². The largest absolute Gasteiger partial charge is 0.478 e. The predicted molar refractivity (Wildman–Crippen MR) is 144 cm³/mol. The van der Waals surface area contributed by atoms with Gasteiger partial charge in [-0.25, -0.2) is 9.48 Å². The molecule has 1 N–H and O–H groups in total. The second-order valence-corrected chi connectivity index (χ2v) is 9.05. The molecule has 0 bridgehead atoms. The van der Waals surface area contributed by atoms with E-state index >= 15 is 0 Å². The number of carboxylic acids is 1. The standard InChI is InChI=1S/C31H30N2O3/c1-2-27(23-8-4-3-5-9-23)31(24-14-11-22(12-15-24)13-18-30(34)35)25-16-17-28-26(20-25)21-32-33(28)29-10-6-7-19-36-29/h3-5,8-9,11-18,20-21,29H,2,6-7,10,19H2,1H3,(H,34,35)/b18-13?,31-27+. The first-order valence-electron chi connectivity index (χ1n) is 12.5. The van der Waals surface area contributed by atoms with Gasteiger partial charge in [0.15, 0.2) is 6.23 Å². The summed E-state index contributed by atoms with van der Waals surface area (Å²) in [6.07, 6.45) is 8.83. The molecule has 0 saturated carbocycles. The molecular weight excluding hydrogens is 448 g/mol. The molecule has 0 amide bonds. The zero-order valence-electron chi connectivity index (χ0n) is 20.4. The van der Waals surface area contributed by atoms with Crippen molar-refractivity contribution in [3.8, 4) is 0 Å². The molecule has 1 atom stereocenters. The second kappa shape index (κ2) is 10.8. The molecule has 182 valence electrons. The first-order chi connectivity index (χ1) is 17.6. The molecule has 2 heterocycles. The molecule has 0 radical (unpaired) electrons. The number of rotatable bonds is 7. The number of carboxylic acid groups (broad SMARTS) is 1. The van der Waals surface area contributed by atoms with E-state index in [2.05, 4.69) is 66.6 Å². The fourth-order valence-corrected chi connectivity index (χ4v) is 4.96.